The van der Waals surface area contributed by atoms with E-state index in [1.54, 1.807) is 19.1 Å². The summed E-state index contributed by atoms with van der Waals surface area (Å²) < 4.78 is 46.1. The zero-order valence-electron chi connectivity index (χ0n) is 23.6. The highest BCUT2D eigenvalue weighted by atomic mass is 32.2. The first-order chi connectivity index (χ1) is 19.9. The number of rotatable bonds is 9. The van der Waals surface area contributed by atoms with Gasteiger partial charge in [0.05, 0.1) is 36.9 Å². The van der Waals surface area contributed by atoms with Crippen molar-refractivity contribution in [2.45, 2.75) is 75.2 Å². The van der Waals surface area contributed by atoms with Crippen molar-refractivity contribution in [1.29, 1.82) is 0 Å². The van der Waals surface area contributed by atoms with Crippen LogP contribution in [0, 0.1) is 6.92 Å². The van der Waals surface area contributed by atoms with Crippen molar-refractivity contribution in [3.05, 3.63) is 47.9 Å². The fourth-order valence-electron chi connectivity index (χ4n) is 5.41. The van der Waals surface area contributed by atoms with E-state index >= 15 is 0 Å². The van der Waals surface area contributed by atoms with Gasteiger partial charge in [0.2, 0.25) is 5.89 Å². The van der Waals surface area contributed by atoms with Crippen LogP contribution in [0.3, 0.4) is 0 Å². The van der Waals surface area contributed by atoms with Gasteiger partial charge in [0, 0.05) is 5.56 Å². The molecule has 1 aliphatic heterocycles. The Bertz CT molecular complexity index is 1580. The molecule has 5 rings (SSSR count). The number of methoxy groups -OCH3 is 1. The van der Waals surface area contributed by atoms with Gasteiger partial charge in [0.15, 0.2) is 5.54 Å². The topological polar surface area (TPSA) is 160 Å². The summed E-state index contributed by atoms with van der Waals surface area (Å²) in [7, 11) is -3.09. The molecule has 42 heavy (non-hydrogen) atoms. The second kappa shape index (κ2) is 11.3. The maximum absolute atomic E-state index is 14.2. The maximum atomic E-state index is 14.2. The summed E-state index contributed by atoms with van der Waals surface area (Å²) in [5, 5.41) is 20.1. The van der Waals surface area contributed by atoms with E-state index in [0.29, 0.717) is 46.2 Å². The fourth-order valence-corrected chi connectivity index (χ4v) is 9.05. The first-order valence-electron chi connectivity index (χ1n) is 13.5. The van der Waals surface area contributed by atoms with Gasteiger partial charge in [-0.15, -0.1) is 11.3 Å². The highest BCUT2D eigenvalue weighted by Crippen LogP contribution is 2.50. The molecule has 2 aromatic heterocycles. The third kappa shape index (κ3) is 5.16. The number of amides is 2. The number of para-hydroxylation sites is 1. The minimum Gasteiger partial charge on any atom is -0.496 e. The van der Waals surface area contributed by atoms with Crippen molar-refractivity contribution in [1.82, 2.24) is 9.29 Å². The van der Waals surface area contributed by atoms with Crippen LogP contribution >= 0.6 is 11.3 Å². The monoisotopic (exact) mass is 619 g/mol. The average molecular weight is 620 g/mol. The molecule has 2 N–H and O–H groups in total. The molecule has 1 aromatic carbocycles. The van der Waals surface area contributed by atoms with Gasteiger partial charge in [0.1, 0.15) is 28.0 Å². The number of carbonyl (C=O) groups is 2. The number of oxazole rings is 1. The molecule has 12 nitrogen and oxygen atoms in total. The Balaban J connectivity index is 1.66. The second-order valence-electron chi connectivity index (χ2n) is 10.9. The lowest BCUT2D eigenvalue weighted by atomic mass is 9.94. The number of urea groups is 1. The van der Waals surface area contributed by atoms with Crippen LogP contribution in [0.5, 0.6) is 5.75 Å². The number of aliphatic carboxylic acids is 1. The number of nitrogens with zero attached hydrogens (tertiary/aromatic N) is 3. The molecule has 0 spiro atoms. The predicted molar refractivity (Wildman–Crippen MR) is 153 cm³/mol. The fraction of sp³-hybridized carbons (Fsp3) is 0.464. The molecule has 0 bridgehead atoms. The van der Waals surface area contributed by atoms with Gasteiger partial charge in [-0.05, 0) is 58.1 Å². The molecule has 226 valence electrons. The number of hydrogen-bond donors (Lipinski definition) is 2. The minimum atomic E-state index is -4.61. The van der Waals surface area contributed by atoms with Crippen LogP contribution in [0.4, 0.5) is 9.80 Å². The lowest BCUT2D eigenvalue weighted by Gasteiger charge is -2.42. The third-order valence-electron chi connectivity index (χ3n) is 7.71. The molecule has 2 amide bonds. The molecular formula is C28H33N3O9S2. The van der Waals surface area contributed by atoms with Crippen molar-refractivity contribution < 1.29 is 42.1 Å². The average Bonchev–Trinajstić information content (AvgIpc) is 3.59. The summed E-state index contributed by atoms with van der Waals surface area (Å²) in [4.78, 5) is 32.1. The van der Waals surface area contributed by atoms with Gasteiger partial charge in [-0.2, -0.15) is 4.31 Å². The summed E-state index contributed by atoms with van der Waals surface area (Å²) in [5.41, 5.74) is -1.18. The van der Waals surface area contributed by atoms with Crippen LogP contribution < -0.4 is 9.64 Å². The van der Waals surface area contributed by atoms with E-state index in [4.69, 9.17) is 13.9 Å². The van der Waals surface area contributed by atoms with Crippen molar-refractivity contribution in [2.75, 3.05) is 18.6 Å². The first-order valence-corrected chi connectivity index (χ1v) is 15.7. The number of aliphatic hydroxyl groups is 1. The Kier molecular flexibility index (Phi) is 8.09. The quantitative estimate of drug-likeness (QED) is 0.347. The maximum Gasteiger partial charge on any atom is 0.340 e. The van der Waals surface area contributed by atoms with E-state index in [9.17, 15) is 28.2 Å². The molecule has 0 saturated heterocycles. The number of ether oxygens (including phenoxy) is 2. The molecule has 2 aliphatic rings. The number of benzene rings is 1. The number of carboxylic acids is 1. The van der Waals surface area contributed by atoms with Gasteiger partial charge < -0.3 is 24.1 Å². The predicted octanol–water partition coefficient (Wildman–Crippen LogP) is 4.58. The van der Waals surface area contributed by atoms with Crippen LogP contribution in [-0.2, 0) is 19.6 Å². The molecule has 3 heterocycles. The van der Waals surface area contributed by atoms with Crippen LogP contribution in [-0.4, -0.2) is 71.3 Å². The Morgan fingerprint density at radius 1 is 1.24 bits per heavy atom. The highest BCUT2D eigenvalue weighted by molar-refractivity contribution is 7.90. The Hall–Kier alpha value is -3.46. The summed E-state index contributed by atoms with van der Waals surface area (Å²) in [5.74, 6) is -0.792. The zero-order valence-corrected chi connectivity index (χ0v) is 25.3. The summed E-state index contributed by atoms with van der Waals surface area (Å²) in [6.07, 6.45) is 3.72. The van der Waals surface area contributed by atoms with E-state index in [1.165, 1.54) is 38.3 Å². The lowest BCUT2D eigenvalue weighted by molar-refractivity contribution is -0.145. The largest absolute Gasteiger partial charge is 0.496 e. The molecule has 3 aromatic rings. The summed E-state index contributed by atoms with van der Waals surface area (Å²) in [6.45, 7) is 3.78. The SMILES string of the molecule is COc1ccccc1[C@H](CN1C(=O)N(C(C)(C)C(=O)O)S(=O)(=O)c2c1sc(-c1ncco1)c2C)O[C@H]1CC[C@H](O)CC1. The van der Waals surface area contributed by atoms with E-state index in [0.717, 1.165) is 11.3 Å². The number of hydrogen-bond acceptors (Lipinski definition) is 10. The smallest absolute Gasteiger partial charge is 0.340 e. The Labute approximate surface area is 247 Å². The lowest BCUT2D eigenvalue weighted by Crippen LogP contribution is -2.62. The van der Waals surface area contributed by atoms with Gasteiger partial charge in [0.25, 0.3) is 10.0 Å². The number of carbonyl (C=O) groups excluding carboxylic acids is 1. The third-order valence-corrected chi connectivity index (χ3v) is 11.3. The number of aliphatic hydroxyl groups excluding tert-OH is 1. The molecular weight excluding hydrogens is 586 g/mol. The van der Waals surface area contributed by atoms with E-state index in [-0.39, 0.29) is 34.0 Å². The van der Waals surface area contributed by atoms with E-state index in [2.05, 4.69) is 4.98 Å². The molecule has 1 aliphatic carbocycles. The molecule has 1 fully saturated rings. The number of fused-ring (bicyclic) bond motifs is 1. The highest BCUT2D eigenvalue weighted by Gasteiger charge is 2.54. The molecule has 1 saturated carbocycles. The van der Waals surface area contributed by atoms with Crippen molar-refractivity contribution in [3.8, 4) is 16.5 Å². The Morgan fingerprint density at radius 3 is 2.55 bits per heavy atom. The van der Waals surface area contributed by atoms with Crippen LogP contribution in [0.1, 0.15) is 56.8 Å². The molecule has 1 atom stereocenters. The zero-order chi connectivity index (χ0) is 30.4. The van der Waals surface area contributed by atoms with Crippen molar-refractivity contribution >= 4 is 38.4 Å². The van der Waals surface area contributed by atoms with E-state index < -0.39 is 39.8 Å². The van der Waals surface area contributed by atoms with Gasteiger partial charge >= 0.3 is 12.0 Å². The number of anilines is 1. The number of carboxylic acid groups (broad SMARTS) is 1. The van der Waals surface area contributed by atoms with Gasteiger partial charge in [-0.3, -0.25) is 4.90 Å². The number of aromatic nitrogens is 1. The van der Waals surface area contributed by atoms with Crippen molar-refractivity contribution in [2.24, 2.45) is 0 Å². The normalized spacial score (nSPS) is 21.2. The van der Waals surface area contributed by atoms with Gasteiger partial charge in [-0.25, -0.2) is 23.0 Å². The number of sulfonamides is 1. The summed E-state index contributed by atoms with van der Waals surface area (Å²) in [6, 6.07) is 6.17. The van der Waals surface area contributed by atoms with Crippen molar-refractivity contribution in [3.63, 3.8) is 0 Å². The molecule has 0 unspecified atom stereocenters. The van der Waals surface area contributed by atoms with E-state index in [1.807, 2.05) is 12.1 Å². The molecule has 14 heteroatoms. The van der Waals surface area contributed by atoms with Crippen LogP contribution in [0.2, 0.25) is 0 Å². The van der Waals surface area contributed by atoms with Crippen LogP contribution in [0.25, 0.3) is 10.8 Å². The van der Waals surface area contributed by atoms with Gasteiger partial charge in [-0.1, -0.05) is 18.2 Å². The standard InChI is InChI=1S/C28H33N3O9S2/c1-16-22(24-29-13-14-39-24)41-25-23(16)42(36,37)31(28(2,3)26(33)34)27(35)30(25)15-21(19-7-5-6-8-20(19)38-4)40-18-11-9-17(32)10-12-18/h5-8,13-14,17-18,21,32H,9-12,15H2,1-4H3,(H,33,34)/t17-,18-,21-/m0/s1. The molecule has 0 radical (unpaired) electrons. The summed E-state index contributed by atoms with van der Waals surface area (Å²) >= 11 is 1.02. The number of thiophene rings is 1. The first kappa shape index (κ1) is 30.0. The second-order valence-corrected chi connectivity index (χ2v) is 13.6. The minimum absolute atomic E-state index is 0.116. The Morgan fingerprint density at radius 2 is 1.93 bits per heavy atom. The van der Waals surface area contributed by atoms with Crippen LogP contribution in [0.15, 0.2) is 46.0 Å².